The average molecular weight is 420 g/mol. The monoisotopic (exact) mass is 420 g/mol. The van der Waals surface area contributed by atoms with Crippen molar-refractivity contribution < 1.29 is 19.2 Å². The van der Waals surface area contributed by atoms with Crippen molar-refractivity contribution in [3.8, 4) is 5.75 Å². The van der Waals surface area contributed by atoms with Crippen LogP contribution in [0, 0.1) is 17.0 Å². The molecule has 0 radical (unpaired) electrons. The molecule has 0 bridgehead atoms. The van der Waals surface area contributed by atoms with Gasteiger partial charge in [-0.3, -0.25) is 24.7 Å². The Morgan fingerprint density at radius 2 is 1.90 bits per heavy atom. The van der Waals surface area contributed by atoms with Crippen molar-refractivity contribution in [1.82, 2.24) is 4.98 Å². The van der Waals surface area contributed by atoms with E-state index in [0.29, 0.717) is 17.0 Å². The van der Waals surface area contributed by atoms with Crippen molar-refractivity contribution in [2.75, 3.05) is 5.32 Å². The number of hydrogen-bond donors (Lipinski definition) is 2. The van der Waals surface area contributed by atoms with Crippen molar-refractivity contribution >= 4 is 23.2 Å². The number of anilines is 1. The van der Waals surface area contributed by atoms with Gasteiger partial charge in [0.15, 0.2) is 0 Å². The highest BCUT2D eigenvalue weighted by Gasteiger charge is 2.16. The van der Waals surface area contributed by atoms with Gasteiger partial charge in [0, 0.05) is 29.1 Å². The molecule has 0 spiro atoms. The zero-order valence-electron chi connectivity index (χ0n) is 16.9. The summed E-state index contributed by atoms with van der Waals surface area (Å²) >= 11 is 0. The Morgan fingerprint density at radius 1 is 1.13 bits per heavy atom. The van der Waals surface area contributed by atoms with Gasteiger partial charge in [0.05, 0.1) is 16.7 Å². The summed E-state index contributed by atoms with van der Waals surface area (Å²) in [6.07, 6.45) is 2.41. The van der Waals surface area contributed by atoms with E-state index < -0.39 is 22.8 Å². The van der Waals surface area contributed by atoms with E-state index >= 15 is 0 Å². The van der Waals surface area contributed by atoms with E-state index in [1.807, 2.05) is 6.07 Å². The van der Waals surface area contributed by atoms with Crippen molar-refractivity contribution in [2.24, 2.45) is 5.73 Å². The number of pyridine rings is 1. The molecule has 0 aliphatic rings. The fourth-order valence-corrected chi connectivity index (χ4v) is 2.91. The molecule has 3 aromatic rings. The summed E-state index contributed by atoms with van der Waals surface area (Å²) in [4.78, 5) is 38.4. The van der Waals surface area contributed by atoms with E-state index in [-0.39, 0.29) is 16.8 Å². The largest absolute Gasteiger partial charge is 0.484 e. The predicted octanol–water partition coefficient (Wildman–Crippen LogP) is 3.79. The van der Waals surface area contributed by atoms with Crippen molar-refractivity contribution in [1.29, 1.82) is 0 Å². The van der Waals surface area contributed by atoms with Gasteiger partial charge in [-0.15, -0.1) is 0 Å². The number of nitro groups is 1. The number of nitro benzene ring substituents is 1. The summed E-state index contributed by atoms with van der Waals surface area (Å²) in [5.41, 5.74) is 7.30. The summed E-state index contributed by atoms with van der Waals surface area (Å²) in [7, 11) is 0. The molecule has 0 aliphatic heterocycles. The smallest absolute Gasteiger partial charge is 0.273 e. The maximum atomic E-state index is 12.6. The average Bonchev–Trinajstić information content (AvgIpc) is 2.74. The molecule has 3 N–H and O–H groups in total. The number of aryl methyl sites for hydroxylation is 1. The lowest BCUT2D eigenvalue weighted by molar-refractivity contribution is -0.385. The van der Waals surface area contributed by atoms with E-state index in [9.17, 15) is 19.7 Å². The molecule has 2 amide bonds. The van der Waals surface area contributed by atoms with Gasteiger partial charge >= 0.3 is 0 Å². The van der Waals surface area contributed by atoms with Crippen LogP contribution in [0.5, 0.6) is 5.75 Å². The van der Waals surface area contributed by atoms with Crippen LogP contribution in [-0.2, 0) is 0 Å². The van der Waals surface area contributed by atoms with Crippen LogP contribution < -0.4 is 15.8 Å². The minimum atomic E-state index is -0.605. The second-order valence-electron chi connectivity index (χ2n) is 6.87. The molecule has 0 aliphatic carbocycles. The highest BCUT2D eigenvalue weighted by molar-refractivity contribution is 6.04. The molecule has 1 aromatic heterocycles. The third-order valence-corrected chi connectivity index (χ3v) is 4.59. The van der Waals surface area contributed by atoms with Crippen LogP contribution in [0.4, 0.5) is 11.4 Å². The van der Waals surface area contributed by atoms with Crippen LogP contribution >= 0.6 is 0 Å². The minimum absolute atomic E-state index is 0.116. The number of ether oxygens (including phenoxy) is 1. The standard InChI is InChI=1S/C22H20N4O5/c1-13-6-7-16(10-20(13)26(29)30)22(28)25-18-5-3-4-15(8-18)14(2)31-19-9-17(21(23)27)11-24-12-19/h3-12,14H,1-2H3,(H2,23,27)(H,25,28). The number of nitrogens with two attached hydrogens (primary N) is 1. The fraction of sp³-hybridized carbons (Fsp3) is 0.136. The number of carbonyl (C=O) groups excluding carboxylic acids is 2. The van der Waals surface area contributed by atoms with Crippen molar-refractivity contribution in [3.05, 3.63) is 93.3 Å². The number of amides is 2. The van der Waals surface area contributed by atoms with Crippen LogP contribution in [0.15, 0.2) is 60.9 Å². The summed E-state index contributed by atoms with van der Waals surface area (Å²) in [5, 5.41) is 13.8. The molecule has 0 saturated heterocycles. The summed E-state index contributed by atoms with van der Waals surface area (Å²) in [5.74, 6) is -0.691. The minimum Gasteiger partial charge on any atom is -0.484 e. The number of carbonyl (C=O) groups is 2. The van der Waals surface area contributed by atoms with E-state index in [2.05, 4.69) is 10.3 Å². The maximum Gasteiger partial charge on any atom is 0.273 e. The van der Waals surface area contributed by atoms with E-state index in [0.717, 1.165) is 5.56 Å². The number of hydrogen-bond acceptors (Lipinski definition) is 6. The van der Waals surface area contributed by atoms with Gasteiger partial charge in [-0.2, -0.15) is 0 Å². The summed E-state index contributed by atoms with van der Waals surface area (Å²) in [6, 6.07) is 12.8. The van der Waals surface area contributed by atoms with Crippen LogP contribution in [-0.4, -0.2) is 21.7 Å². The number of aromatic nitrogens is 1. The van der Waals surface area contributed by atoms with E-state index in [4.69, 9.17) is 10.5 Å². The normalized spacial score (nSPS) is 11.4. The van der Waals surface area contributed by atoms with Gasteiger partial charge < -0.3 is 15.8 Å². The third-order valence-electron chi connectivity index (χ3n) is 4.59. The molecule has 1 unspecified atom stereocenters. The van der Waals surface area contributed by atoms with E-state index in [1.54, 1.807) is 32.0 Å². The lowest BCUT2D eigenvalue weighted by atomic mass is 10.1. The van der Waals surface area contributed by atoms with Gasteiger partial charge in [-0.25, -0.2) is 0 Å². The highest BCUT2D eigenvalue weighted by Crippen LogP contribution is 2.25. The molecular weight excluding hydrogens is 400 g/mol. The Kier molecular flexibility index (Phi) is 6.25. The summed E-state index contributed by atoms with van der Waals surface area (Å²) < 4.78 is 5.83. The lowest BCUT2D eigenvalue weighted by Gasteiger charge is -2.16. The lowest BCUT2D eigenvalue weighted by Crippen LogP contribution is -2.13. The SMILES string of the molecule is Cc1ccc(C(=O)Nc2cccc(C(C)Oc3cncc(C(N)=O)c3)c2)cc1[N+](=O)[O-]. The number of nitrogens with zero attached hydrogens (tertiary/aromatic N) is 2. The molecule has 3 rings (SSSR count). The highest BCUT2D eigenvalue weighted by atomic mass is 16.6. The van der Waals surface area contributed by atoms with Gasteiger partial charge in [-0.1, -0.05) is 18.2 Å². The van der Waals surface area contributed by atoms with Gasteiger partial charge in [0.2, 0.25) is 5.91 Å². The Labute approximate surface area is 178 Å². The Morgan fingerprint density at radius 3 is 2.61 bits per heavy atom. The van der Waals surface area contributed by atoms with Gasteiger partial charge in [0.25, 0.3) is 11.6 Å². The van der Waals surface area contributed by atoms with Gasteiger partial charge in [-0.05, 0) is 43.7 Å². The molecule has 1 atom stereocenters. The number of primary amides is 1. The first-order valence-electron chi connectivity index (χ1n) is 9.32. The van der Waals surface area contributed by atoms with Gasteiger partial charge in [0.1, 0.15) is 11.9 Å². The molecule has 158 valence electrons. The third kappa shape index (κ3) is 5.21. The molecule has 9 nitrogen and oxygen atoms in total. The molecule has 0 saturated carbocycles. The quantitative estimate of drug-likeness (QED) is 0.441. The zero-order valence-corrected chi connectivity index (χ0v) is 16.9. The number of rotatable bonds is 7. The molecule has 2 aromatic carbocycles. The predicted molar refractivity (Wildman–Crippen MR) is 114 cm³/mol. The van der Waals surface area contributed by atoms with Crippen LogP contribution in [0.2, 0.25) is 0 Å². The Hall–Kier alpha value is -4.27. The number of benzene rings is 2. The first-order chi connectivity index (χ1) is 14.7. The second kappa shape index (κ2) is 9.04. The molecule has 9 heteroatoms. The van der Waals surface area contributed by atoms with Crippen LogP contribution in [0.25, 0.3) is 0 Å². The van der Waals surface area contributed by atoms with Crippen LogP contribution in [0.1, 0.15) is 44.9 Å². The summed E-state index contributed by atoms with van der Waals surface area (Å²) in [6.45, 7) is 3.42. The molecule has 0 fully saturated rings. The second-order valence-corrected chi connectivity index (χ2v) is 6.87. The fourth-order valence-electron chi connectivity index (χ4n) is 2.91. The molecule has 31 heavy (non-hydrogen) atoms. The Bertz CT molecular complexity index is 1160. The Balaban J connectivity index is 1.75. The van der Waals surface area contributed by atoms with Crippen molar-refractivity contribution in [2.45, 2.75) is 20.0 Å². The zero-order chi connectivity index (χ0) is 22.5. The number of nitrogens with one attached hydrogen (secondary N) is 1. The maximum absolute atomic E-state index is 12.6. The van der Waals surface area contributed by atoms with Crippen molar-refractivity contribution in [3.63, 3.8) is 0 Å². The first-order valence-corrected chi connectivity index (χ1v) is 9.32. The van der Waals surface area contributed by atoms with Crippen LogP contribution in [0.3, 0.4) is 0 Å². The van der Waals surface area contributed by atoms with E-state index in [1.165, 1.54) is 36.7 Å². The first kappa shape index (κ1) is 21.4. The molecule has 1 heterocycles. The topological polar surface area (TPSA) is 137 Å². The molecular formula is C22H20N4O5.